The third-order valence-electron chi connectivity index (χ3n) is 11.6. The molecule has 2 heterocycles. The molecule has 0 fully saturated rings. The van der Waals surface area contributed by atoms with Crippen LogP contribution in [0.2, 0.25) is 0 Å². The van der Waals surface area contributed by atoms with Gasteiger partial charge in [0.2, 0.25) is 0 Å². The number of alkyl halides is 6. The summed E-state index contributed by atoms with van der Waals surface area (Å²) >= 11 is 0. The minimum Gasteiger partial charge on any atom is -0.308 e. The number of rotatable bonds is 7. The van der Waals surface area contributed by atoms with E-state index in [1.54, 1.807) is 42.5 Å². The quantitative estimate of drug-likeness (QED) is 0.149. The number of benzene rings is 8. The molecule has 67 heavy (non-hydrogen) atoms. The van der Waals surface area contributed by atoms with Crippen LogP contribution in [0, 0.1) is 22.7 Å². The summed E-state index contributed by atoms with van der Waals surface area (Å²) in [5.41, 5.74) is 3.56. The van der Waals surface area contributed by atoms with Crippen molar-refractivity contribution in [2.24, 2.45) is 0 Å². The lowest BCUT2D eigenvalue weighted by Gasteiger charge is -2.22. The number of para-hydroxylation sites is 1. The van der Waals surface area contributed by atoms with Gasteiger partial charge in [-0.15, -0.1) is 0 Å². The van der Waals surface area contributed by atoms with E-state index >= 15 is 0 Å². The molecule has 8 aromatic carbocycles. The molecule has 0 atom stereocenters. The summed E-state index contributed by atoms with van der Waals surface area (Å²) in [6.45, 7) is 0. The predicted molar refractivity (Wildman–Crippen MR) is 246 cm³/mol. The van der Waals surface area contributed by atoms with Gasteiger partial charge in [0.25, 0.3) is 0 Å². The van der Waals surface area contributed by atoms with Crippen molar-refractivity contribution in [3.8, 4) is 85.4 Å². The van der Waals surface area contributed by atoms with Crippen LogP contribution in [0.25, 0.3) is 95.0 Å². The lowest BCUT2D eigenvalue weighted by Crippen LogP contribution is -2.11. The highest BCUT2D eigenvalue weighted by Gasteiger charge is 2.37. The van der Waals surface area contributed by atoms with Gasteiger partial charge in [0.15, 0.2) is 17.5 Å². The summed E-state index contributed by atoms with van der Waals surface area (Å²) in [7, 11) is 0. The summed E-state index contributed by atoms with van der Waals surface area (Å²) in [6.07, 6.45) is -10.1. The van der Waals surface area contributed by atoms with Gasteiger partial charge in [-0.1, -0.05) is 121 Å². The number of fused-ring (bicyclic) bond motifs is 3. The zero-order valence-electron chi connectivity index (χ0n) is 34.8. The summed E-state index contributed by atoms with van der Waals surface area (Å²) in [6, 6.07) is 55.1. The molecule has 0 saturated heterocycles. The molecular weight excluding hydrogens is 859 g/mol. The number of halogens is 6. The first kappa shape index (κ1) is 42.1. The molecular formula is C55H30F6N6. The van der Waals surface area contributed by atoms with Crippen molar-refractivity contribution < 1.29 is 26.3 Å². The van der Waals surface area contributed by atoms with Crippen LogP contribution >= 0.6 is 0 Å². The van der Waals surface area contributed by atoms with Crippen molar-refractivity contribution in [2.45, 2.75) is 12.4 Å². The zero-order valence-corrected chi connectivity index (χ0v) is 34.8. The number of hydrogen-bond acceptors (Lipinski definition) is 5. The Morgan fingerprint density at radius 1 is 0.373 bits per heavy atom. The molecule has 2 aromatic heterocycles. The highest BCUT2D eigenvalue weighted by atomic mass is 19.4. The van der Waals surface area contributed by atoms with Crippen LogP contribution in [-0.2, 0) is 12.4 Å². The maximum absolute atomic E-state index is 14.1. The Morgan fingerprint density at radius 3 is 1.33 bits per heavy atom. The van der Waals surface area contributed by atoms with Crippen molar-refractivity contribution in [1.82, 2.24) is 19.5 Å². The Labute approximate surface area is 379 Å². The van der Waals surface area contributed by atoms with Crippen molar-refractivity contribution in [3.63, 3.8) is 0 Å². The smallest absolute Gasteiger partial charge is 0.308 e. The van der Waals surface area contributed by atoms with Crippen LogP contribution in [0.15, 0.2) is 182 Å². The Hall–Kier alpha value is -8.87. The highest BCUT2D eigenvalue weighted by molar-refractivity contribution is 6.12. The Balaban J connectivity index is 1.32. The monoisotopic (exact) mass is 888 g/mol. The molecule has 0 amide bonds. The van der Waals surface area contributed by atoms with Gasteiger partial charge < -0.3 is 4.57 Å². The van der Waals surface area contributed by atoms with Crippen molar-refractivity contribution in [3.05, 3.63) is 204 Å². The standard InChI is InChI=1S/C55H30F6N6/c56-54(57,58)40-25-38(26-41(30-40)55(59,60)61)35-23-24-49-45(27-35)44-21-11-12-22-48(44)67(49)50-46(42-19-9-7-17-36(42)31-62)28-39(29-47(50)43-20-10-8-18-37(43)32-63)53-65-51(33-13-3-1-4-14-33)64-52(66-53)34-15-5-2-6-16-34/h1-30H. The summed E-state index contributed by atoms with van der Waals surface area (Å²) in [5.74, 6) is 1.12. The first-order valence-electron chi connectivity index (χ1n) is 20.8. The van der Waals surface area contributed by atoms with E-state index in [1.807, 2.05) is 120 Å². The van der Waals surface area contributed by atoms with E-state index in [2.05, 4.69) is 12.1 Å². The fourth-order valence-electron chi connectivity index (χ4n) is 8.50. The Morgan fingerprint density at radius 2 is 0.821 bits per heavy atom. The molecule has 0 aliphatic rings. The number of nitriles is 2. The van der Waals surface area contributed by atoms with Gasteiger partial charge in [-0.25, -0.2) is 15.0 Å². The average molecular weight is 889 g/mol. The van der Waals surface area contributed by atoms with Gasteiger partial charge in [-0.05, 0) is 71.8 Å². The van der Waals surface area contributed by atoms with Crippen LogP contribution < -0.4 is 0 Å². The van der Waals surface area contributed by atoms with Crippen molar-refractivity contribution in [2.75, 3.05) is 0 Å². The van der Waals surface area contributed by atoms with Gasteiger partial charge in [0.05, 0.1) is 51.1 Å². The van der Waals surface area contributed by atoms with E-state index in [4.69, 9.17) is 15.0 Å². The molecule has 0 saturated carbocycles. The van der Waals surface area contributed by atoms with Crippen LogP contribution in [-0.4, -0.2) is 19.5 Å². The van der Waals surface area contributed by atoms with Crippen molar-refractivity contribution in [1.29, 1.82) is 10.5 Å². The van der Waals surface area contributed by atoms with Crippen LogP contribution in [0.4, 0.5) is 26.3 Å². The molecule has 6 nitrogen and oxygen atoms in total. The molecule has 12 heteroatoms. The third kappa shape index (κ3) is 7.81. The molecule has 322 valence electrons. The molecule has 0 bridgehead atoms. The van der Waals surface area contributed by atoms with E-state index in [1.165, 1.54) is 6.07 Å². The van der Waals surface area contributed by atoms with Gasteiger partial charge in [-0.2, -0.15) is 36.9 Å². The molecule has 0 N–H and O–H groups in total. The van der Waals surface area contributed by atoms with Gasteiger partial charge in [0, 0.05) is 49.7 Å². The predicted octanol–water partition coefficient (Wildman–Crippen LogP) is 14.8. The summed E-state index contributed by atoms with van der Waals surface area (Å²) in [4.78, 5) is 14.9. The van der Waals surface area contributed by atoms with E-state index in [0.717, 1.165) is 23.3 Å². The third-order valence-corrected chi connectivity index (χ3v) is 11.6. The van der Waals surface area contributed by atoms with Gasteiger partial charge >= 0.3 is 12.4 Å². The zero-order chi connectivity index (χ0) is 46.5. The second kappa shape index (κ2) is 16.6. The first-order valence-corrected chi connectivity index (χ1v) is 20.8. The minimum atomic E-state index is -5.04. The van der Waals surface area contributed by atoms with Crippen LogP contribution in [0.1, 0.15) is 22.3 Å². The van der Waals surface area contributed by atoms with Crippen LogP contribution in [0.3, 0.4) is 0 Å². The normalized spacial score (nSPS) is 11.7. The molecule has 10 aromatic rings. The molecule has 0 unspecified atom stereocenters. The lowest BCUT2D eigenvalue weighted by atomic mass is 9.89. The lowest BCUT2D eigenvalue weighted by molar-refractivity contribution is -0.143. The SMILES string of the molecule is N#Cc1ccccc1-c1cc(-c2nc(-c3ccccc3)nc(-c3ccccc3)n2)cc(-c2ccccc2C#N)c1-n1c2ccccc2c2cc(-c3cc(C(F)(F)F)cc(C(F)(F)F)c3)ccc21. The van der Waals surface area contributed by atoms with Gasteiger partial charge in [0.1, 0.15) is 0 Å². The number of nitrogens with zero attached hydrogens (tertiary/aromatic N) is 6. The molecule has 0 spiro atoms. The van der Waals surface area contributed by atoms with E-state index in [9.17, 15) is 36.9 Å². The Kier molecular flexibility index (Phi) is 10.4. The fraction of sp³-hybridized carbons (Fsp3) is 0.0364. The first-order chi connectivity index (χ1) is 32.4. The largest absolute Gasteiger partial charge is 0.416 e. The second-order valence-electron chi connectivity index (χ2n) is 15.7. The maximum atomic E-state index is 14.1. The summed E-state index contributed by atoms with van der Waals surface area (Å²) in [5, 5.41) is 22.4. The van der Waals surface area contributed by atoms with E-state index in [0.29, 0.717) is 83.9 Å². The molecule has 0 aliphatic carbocycles. The number of aromatic nitrogens is 4. The van der Waals surface area contributed by atoms with Crippen LogP contribution in [0.5, 0.6) is 0 Å². The van der Waals surface area contributed by atoms with Gasteiger partial charge in [-0.3, -0.25) is 0 Å². The summed E-state index contributed by atoms with van der Waals surface area (Å²) < 4.78 is 86.4. The second-order valence-corrected chi connectivity index (χ2v) is 15.7. The van der Waals surface area contributed by atoms with E-state index < -0.39 is 23.5 Å². The maximum Gasteiger partial charge on any atom is 0.416 e. The molecule has 10 rings (SSSR count). The van der Waals surface area contributed by atoms with E-state index in [-0.39, 0.29) is 17.2 Å². The number of hydrogen-bond donors (Lipinski definition) is 0. The average Bonchev–Trinajstić information content (AvgIpc) is 3.68. The molecule has 0 radical (unpaired) electrons. The van der Waals surface area contributed by atoms with Crippen molar-refractivity contribution >= 4 is 21.8 Å². The minimum absolute atomic E-state index is 0.112. The highest BCUT2D eigenvalue weighted by Crippen LogP contribution is 2.46. The fourth-order valence-corrected chi connectivity index (χ4v) is 8.50. The molecule has 0 aliphatic heterocycles. The Bertz CT molecular complexity index is 3470. The topological polar surface area (TPSA) is 91.2 Å².